The summed E-state index contributed by atoms with van der Waals surface area (Å²) in [6.45, 7) is 4.92. The Morgan fingerprint density at radius 1 is 1.00 bits per heavy atom. The molecule has 1 aromatic heterocycles. The van der Waals surface area contributed by atoms with Gasteiger partial charge in [-0.2, -0.15) is 4.39 Å². The summed E-state index contributed by atoms with van der Waals surface area (Å²) in [6.07, 6.45) is 0. The molecule has 0 unspecified atom stereocenters. The SMILES string of the molecule is Cc1nc(F)c(F)c(C)c1C. The first-order chi connectivity index (χ1) is 5.04. The number of aryl methyl sites for hydroxylation is 1. The van der Waals surface area contributed by atoms with Crippen LogP contribution >= 0.6 is 0 Å². The van der Waals surface area contributed by atoms with Crippen molar-refractivity contribution in [2.75, 3.05) is 0 Å². The monoisotopic (exact) mass is 157 g/mol. The van der Waals surface area contributed by atoms with Crippen molar-refractivity contribution in [3.63, 3.8) is 0 Å². The van der Waals surface area contributed by atoms with Crippen molar-refractivity contribution >= 4 is 0 Å². The number of hydrogen-bond donors (Lipinski definition) is 0. The molecule has 0 aromatic carbocycles. The molecule has 1 aromatic rings. The lowest BCUT2D eigenvalue weighted by molar-refractivity contribution is 0.470. The fourth-order valence-corrected chi connectivity index (χ4v) is 0.871. The number of pyridine rings is 1. The van der Waals surface area contributed by atoms with Gasteiger partial charge in [0.15, 0.2) is 5.82 Å². The molecule has 0 saturated carbocycles. The van der Waals surface area contributed by atoms with Gasteiger partial charge >= 0.3 is 0 Å². The Hall–Kier alpha value is -0.990. The maximum atomic E-state index is 12.7. The van der Waals surface area contributed by atoms with Gasteiger partial charge < -0.3 is 0 Å². The Morgan fingerprint density at radius 2 is 1.55 bits per heavy atom. The number of nitrogens with zero attached hydrogens (tertiary/aromatic N) is 1. The van der Waals surface area contributed by atoms with Gasteiger partial charge in [-0.1, -0.05) is 0 Å². The Kier molecular flexibility index (Phi) is 1.89. The van der Waals surface area contributed by atoms with Crippen LogP contribution in [0.4, 0.5) is 8.78 Å². The topological polar surface area (TPSA) is 12.9 Å². The van der Waals surface area contributed by atoms with Crippen molar-refractivity contribution in [1.82, 2.24) is 4.98 Å². The molecule has 0 aliphatic heterocycles. The van der Waals surface area contributed by atoms with Crippen LogP contribution in [0.15, 0.2) is 0 Å². The Bertz CT molecular complexity index is 268. The van der Waals surface area contributed by atoms with Crippen molar-refractivity contribution in [2.24, 2.45) is 0 Å². The molecule has 0 N–H and O–H groups in total. The molecule has 0 spiro atoms. The Balaban J connectivity index is 3.46. The number of aromatic nitrogens is 1. The number of halogens is 2. The predicted octanol–water partition coefficient (Wildman–Crippen LogP) is 2.29. The molecular weight excluding hydrogens is 148 g/mol. The molecule has 1 nitrogen and oxygen atoms in total. The third-order valence-corrected chi connectivity index (χ3v) is 1.88. The van der Waals surface area contributed by atoms with Gasteiger partial charge in [-0.3, -0.25) is 0 Å². The summed E-state index contributed by atoms with van der Waals surface area (Å²) in [5, 5.41) is 0. The largest absolute Gasteiger partial charge is 0.249 e. The van der Waals surface area contributed by atoms with Gasteiger partial charge in [0.1, 0.15) is 0 Å². The molecule has 0 aliphatic rings. The highest BCUT2D eigenvalue weighted by molar-refractivity contribution is 5.28. The quantitative estimate of drug-likeness (QED) is 0.526. The van der Waals surface area contributed by atoms with Crippen LogP contribution < -0.4 is 0 Å². The lowest BCUT2D eigenvalue weighted by Gasteiger charge is -2.04. The van der Waals surface area contributed by atoms with Gasteiger partial charge in [-0.25, -0.2) is 9.37 Å². The third-order valence-electron chi connectivity index (χ3n) is 1.88. The number of hydrogen-bond acceptors (Lipinski definition) is 1. The minimum Gasteiger partial charge on any atom is -0.222 e. The molecule has 1 rings (SSSR count). The van der Waals surface area contributed by atoms with Crippen molar-refractivity contribution in [2.45, 2.75) is 20.8 Å². The lowest BCUT2D eigenvalue weighted by Crippen LogP contribution is -2.00. The van der Waals surface area contributed by atoms with E-state index in [1.165, 1.54) is 0 Å². The highest BCUT2D eigenvalue weighted by Crippen LogP contribution is 2.15. The first-order valence-corrected chi connectivity index (χ1v) is 3.33. The summed E-state index contributed by atoms with van der Waals surface area (Å²) in [7, 11) is 0. The predicted molar refractivity (Wildman–Crippen MR) is 38.4 cm³/mol. The maximum absolute atomic E-state index is 12.7. The molecule has 11 heavy (non-hydrogen) atoms. The van der Waals surface area contributed by atoms with Crippen LogP contribution in [0.5, 0.6) is 0 Å². The van der Waals surface area contributed by atoms with E-state index in [0.717, 1.165) is 0 Å². The second kappa shape index (κ2) is 2.57. The normalized spacial score (nSPS) is 10.3. The maximum Gasteiger partial charge on any atom is 0.249 e. The van der Waals surface area contributed by atoms with Crippen LogP contribution in [0.25, 0.3) is 0 Å². The van der Waals surface area contributed by atoms with E-state index < -0.39 is 11.8 Å². The van der Waals surface area contributed by atoms with E-state index in [4.69, 9.17) is 0 Å². The van der Waals surface area contributed by atoms with Gasteiger partial charge in [0.25, 0.3) is 0 Å². The summed E-state index contributed by atoms with van der Waals surface area (Å²) in [4.78, 5) is 3.39. The van der Waals surface area contributed by atoms with E-state index in [2.05, 4.69) is 4.98 Å². The summed E-state index contributed by atoms with van der Waals surface area (Å²) < 4.78 is 25.3. The van der Waals surface area contributed by atoms with Gasteiger partial charge in [-0.05, 0) is 31.9 Å². The second-order valence-electron chi connectivity index (χ2n) is 2.55. The summed E-state index contributed by atoms with van der Waals surface area (Å²) >= 11 is 0. The van der Waals surface area contributed by atoms with Gasteiger partial charge in [0.2, 0.25) is 5.95 Å². The first-order valence-electron chi connectivity index (χ1n) is 3.33. The van der Waals surface area contributed by atoms with E-state index in [-0.39, 0.29) is 0 Å². The molecule has 0 bridgehead atoms. The summed E-state index contributed by atoms with van der Waals surface area (Å²) in [5.41, 5.74) is 1.60. The van der Waals surface area contributed by atoms with E-state index >= 15 is 0 Å². The van der Waals surface area contributed by atoms with Crippen molar-refractivity contribution in [3.8, 4) is 0 Å². The van der Waals surface area contributed by atoms with Crippen LogP contribution in [0.3, 0.4) is 0 Å². The second-order valence-corrected chi connectivity index (χ2v) is 2.55. The smallest absolute Gasteiger partial charge is 0.222 e. The molecule has 0 radical (unpaired) electrons. The van der Waals surface area contributed by atoms with Gasteiger partial charge in [-0.15, -0.1) is 0 Å². The molecule has 0 atom stereocenters. The Labute approximate surface area is 64.1 Å². The molecule has 0 saturated heterocycles. The van der Waals surface area contributed by atoms with Crippen LogP contribution in [0.1, 0.15) is 16.8 Å². The van der Waals surface area contributed by atoms with Crippen molar-refractivity contribution in [3.05, 3.63) is 28.6 Å². The standard InChI is InChI=1S/C8H9F2N/c1-4-5(2)7(9)8(10)11-6(4)3/h1-3H3. The van der Waals surface area contributed by atoms with Crippen LogP contribution in [-0.4, -0.2) is 4.98 Å². The van der Waals surface area contributed by atoms with Crippen LogP contribution in [0.2, 0.25) is 0 Å². The lowest BCUT2D eigenvalue weighted by atomic mass is 10.1. The van der Waals surface area contributed by atoms with Crippen molar-refractivity contribution < 1.29 is 8.78 Å². The fourth-order valence-electron chi connectivity index (χ4n) is 0.871. The molecule has 3 heteroatoms. The fraction of sp³-hybridized carbons (Fsp3) is 0.375. The zero-order valence-corrected chi connectivity index (χ0v) is 6.70. The molecule has 0 amide bonds. The zero-order valence-electron chi connectivity index (χ0n) is 6.70. The van der Waals surface area contributed by atoms with Crippen LogP contribution in [-0.2, 0) is 0 Å². The number of rotatable bonds is 0. The van der Waals surface area contributed by atoms with Crippen molar-refractivity contribution in [1.29, 1.82) is 0 Å². The average Bonchev–Trinajstić information content (AvgIpc) is 1.97. The molecule has 0 fully saturated rings. The van der Waals surface area contributed by atoms with Gasteiger partial charge in [0.05, 0.1) is 0 Å². The first kappa shape index (κ1) is 8.11. The Morgan fingerprint density at radius 3 is 2.09 bits per heavy atom. The van der Waals surface area contributed by atoms with Gasteiger partial charge in [0, 0.05) is 5.69 Å². The van der Waals surface area contributed by atoms with E-state index in [9.17, 15) is 8.78 Å². The summed E-state index contributed by atoms with van der Waals surface area (Å²) in [5.74, 6) is -1.85. The van der Waals surface area contributed by atoms with Crippen LogP contribution in [0, 0.1) is 32.5 Å². The van der Waals surface area contributed by atoms with E-state index in [0.29, 0.717) is 16.8 Å². The van der Waals surface area contributed by atoms with E-state index in [1.807, 2.05) is 0 Å². The zero-order chi connectivity index (χ0) is 8.59. The molecule has 0 aliphatic carbocycles. The molecular formula is C8H9F2N. The minimum atomic E-state index is -1.01. The molecule has 1 heterocycles. The van der Waals surface area contributed by atoms with E-state index in [1.54, 1.807) is 20.8 Å². The highest BCUT2D eigenvalue weighted by atomic mass is 19.2. The average molecular weight is 157 g/mol. The third kappa shape index (κ3) is 1.23. The highest BCUT2D eigenvalue weighted by Gasteiger charge is 2.10. The summed E-state index contributed by atoms with van der Waals surface area (Å²) in [6, 6.07) is 0. The molecule has 60 valence electrons. The minimum absolute atomic E-state index is 0.343.